The number of aryl methyl sites for hydroxylation is 2. The number of nitrogens with zero attached hydrogens (tertiary/aromatic N) is 4. The maximum absolute atomic E-state index is 11.3. The number of rotatable bonds is 8. The smallest absolute Gasteiger partial charge is 0.220 e. The highest BCUT2D eigenvalue weighted by Crippen LogP contribution is 2.38. The second kappa shape index (κ2) is 9.65. The Hall–Kier alpha value is -3.02. The van der Waals surface area contributed by atoms with Crippen LogP contribution in [0.3, 0.4) is 0 Å². The van der Waals surface area contributed by atoms with Crippen molar-refractivity contribution in [3.8, 4) is 23.8 Å². The lowest BCUT2D eigenvalue weighted by molar-refractivity contribution is -0.479. The number of terminal acetylenes is 1. The fraction of sp³-hybridized carbons (Fsp3) is 0.238. The van der Waals surface area contributed by atoms with Crippen molar-refractivity contribution in [1.29, 1.82) is 0 Å². The molecule has 154 valence electrons. The quantitative estimate of drug-likeness (QED) is 0.218. The summed E-state index contributed by atoms with van der Waals surface area (Å²) in [4.78, 5) is 11.0. The van der Waals surface area contributed by atoms with Crippen molar-refractivity contribution in [2.24, 2.45) is 0 Å². The van der Waals surface area contributed by atoms with Crippen LogP contribution in [0.2, 0.25) is 5.02 Å². The van der Waals surface area contributed by atoms with Gasteiger partial charge in [-0.2, -0.15) is 0 Å². The minimum absolute atomic E-state index is 0.0883. The fourth-order valence-electron chi connectivity index (χ4n) is 2.91. The maximum Gasteiger partial charge on any atom is 0.220 e. The Morgan fingerprint density at radius 2 is 2.10 bits per heavy atom. The molecule has 0 aliphatic heterocycles. The molecule has 0 spiro atoms. The molecule has 1 heterocycles. The number of ether oxygens (including phenoxy) is 1. The van der Waals surface area contributed by atoms with Gasteiger partial charge in [-0.15, -0.1) is 16.6 Å². The zero-order chi connectivity index (χ0) is 21.7. The van der Waals surface area contributed by atoms with Gasteiger partial charge < -0.3 is 4.74 Å². The molecule has 0 fully saturated rings. The Morgan fingerprint density at radius 1 is 1.30 bits per heavy atom. The Labute approximate surface area is 183 Å². The summed E-state index contributed by atoms with van der Waals surface area (Å²) in [6, 6.07) is 13.0. The third kappa shape index (κ3) is 5.12. The maximum atomic E-state index is 11.3. The highest BCUT2D eigenvalue weighted by Gasteiger charge is 2.24. The zero-order valence-corrected chi connectivity index (χ0v) is 18.0. The van der Waals surface area contributed by atoms with Crippen LogP contribution in [0.4, 0.5) is 0 Å². The third-order valence-corrected chi connectivity index (χ3v) is 5.73. The van der Waals surface area contributed by atoms with Crippen LogP contribution in [-0.2, 0) is 0 Å². The number of thioether (sulfide) groups is 1. The first-order valence-electron chi connectivity index (χ1n) is 9.02. The Bertz CT molecular complexity index is 1110. The highest BCUT2D eigenvalue weighted by atomic mass is 35.5. The van der Waals surface area contributed by atoms with Gasteiger partial charge in [0.15, 0.2) is 5.16 Å². The van der Waals surface area contributed by atoms with Gasteiger partial charge in [0.1, 0.15) is 23.4 Å². The van der Waals surface area contributed by atoms with Gasteiger partial charge in [-0.05, 0) is 49.2 Å². The van der Waals surface area contributed by atoms with Crippen LogP contribution in [0.1, 0.15) is 22.2 Å². The predicted molar refractivity (Wildman–Crippen MR) is 117 cm³/mol. The fourth-order valence-corrected chi connectivity index (χ4v) is 4.32. The molecular weight excluding hydrogens is 424 g/mol. The zero-order valence-electron chi connectivity index (χ0n) is 16.4. The van der Waals surface area contributed by atoms with Crippen LogP contribution in [0.5, 0.6) is 5.75 Å². The normalized spacial score (nSPS) is 11.7. The van der Waals surface area contributed by atoms with E-state index >= 15 is 0 Å². The lowest BCUT2D eigenvalue weighted by Gasteiger charge is -2.15. The monoisotopic (exact) mass is 442 g/mol. The summed E-state index contributed by atoms with van der Waals surface area (Å²) >= 11 is 7.56. The summed E-state index contributed by atoms with van der Waals surface area (Å²) in [6.07, 6.45) is 5.21. The lowest BCUT2D eigenvalue weighted by Crippen LogP contribution is -2.11. The van der Waals surface area contributed by atoms with Gasteiger partial charge in [-0.25, -0.2) is 0 Å². The molecule has 0 bridgehead atoms. The van der Waals surface area contributed by atoms with Crippen molar-refractivity contribution < 1.29 is 9.66 Å². The summed E-state index contributed by atoms with van der Waals surface area (Å²) in [6.45, 7) is 3.63. The first-order chi connectivity index (χ1) is 14.4. The molecule has 0 saturated carbocycles. The number of hydrogen-bond acceptors (Lipinski definition) is 6. The van der Waals surface area contributed by atoms with Crippen molar-refractivity contribution in [2.45, 2.75) is 24.3 Å². The van der Waals surface area contributed by atoms with E-state index in [0.717, 1.165) is 11.3 Å². The average molecular weight is 443 g/mol. The summed E-state index contributed by atoms with van der Waals surface area (Å²) in [5.74, 6) is 3.50. The van der Waals surface area contributed by atoms with E-state index in [-0.39, 0.29) is 18.1 Å². The van der Waals surface area contributed by atoms with Gasteiger partial charge in [-0.1, -0.05) is 47.5 Å². The Morgan fingerprint density at radius 3 is 2.77 bits per heavy atom. The number of hydrogen-bond donors (Lipinski definition) is 0. The van der Waals surface area contributed by atoms with Crippen molar-refractivity contribution >= 4 is 23.4 Å². The molecule has 0 aliphatic carbocycles. The second-order valence-corrected chi connectivity index (χ2v) is 8.09. The van der Waals surface area contributed by atoms with Gasteiger partial charge in [0.2, 0.25) is 6.54 Å². The van der Waals surface area contributed by atoms with E-state index < -0.39 is 5.25 Å². The SMILES string of the molecule is C#CCOc1ccc([C@@H](C[N+](=O)[O-])Sc2nnc(C)n2-c2cccc(C)c2)cc1Cl. The van der Waals surface area contributed by atoms with E-state index in [4.69, 9.17) is 22.8 Å². The Balaban J connectivity index is 1.95. The molecule has 0 unspecified atom stereocenters. The van der Waals surface area contributed by atoms with Crippen molar-refractivity contribution in [1.82, 2.24) is 14.8 Å². The van der Waals surface area contributed by atoms with E-state index in [1.807, 2.05) is 42.7 Å². The van der Waals surface area contributed by atoms with Crippen LogP contribution in [0.15, 0.2) is 47.6 Å². The first kappa shape index (κ1) is 21.7. The molecule has 30 heavy (non-hydrogen) atoms. The van der Waals surface area contributed by atoms with Crippen molar-refractivity contribution in [2.75, 3.05) is 13.2 Å². The van der Waals surface area contributed by atoms with Crippen LogP contribution in [0.25, 0.3) is 5.69 Å². The largest absolute Gasteiger partial charge is 0.479 e. The molecule has 3 aromatic rings. The summed E-state index contributed by atoms with van der Waals surface area (Å²) in [5, 5.41) is 20.1. The molecule has 9 heteroatoms. The van der Waals surface area contributed by atoms with E-state index in [2.05, 4.69) is 16.1 Å². The highest BCUT2D eigenvalue weighted by molar-refractivity contribution is 7.99. The van der Waals surface area contributed by atoms with Gasteiger partial charge in [0, 0.05) is 10.6 Å². The van der Waals surface area contributed by atoms with Gasteiger partial charge >= 0.3 is 0 Å². The minimum Gasteiger partial charge on any atom is -0.479 e. The molecule has 0 amide bonds. The molecule has 0 saturated heterocycles. The molecule has 0 radical (unpaired) electrons. The molecule has 1 aromatic heterocycles. The van der Waals surface area contributed by atoms with Crippen molar-refractivity contribution in [3.63, 3.8) is 0 Å². The first-order valence-corrected chi connectivity index (χ1v) is 10.3. The number of benzene rings is 2. The van der Waals surface area contributed by atoms with Crippen LogP contribution in [-0.4, -0.2) is 32.8 Å². The number of aromatic nitrogens is 3. The van der Waals surface area contributed by atoms with E-state index in [9.17, 15) is 10.1 Å². The average Bonchev–Trinajstić information content (AvgIpc) is 3.06. The predicted octanol–water partition coefficient (Wildman–Crippen LogP) is 4.66. The summed E-state index contributed by atoms with van der Waals surface area (Å²) in [7, 11) is 0. The summed E-state index contributed by atoms with van der Waals surface area (Å²) < 4.78 is 7.26. The minimum atomic E-state index is -0.522. The van der Waals surface area contributed by atoms with E-state index in [0.29, 0.717) is 27.3 Å². The molecule has 7 nitrogen and oxygen atoms in total. The molecule has 0 N–H and O–H groups in total. The van der Waals surface area contributed by atoms with E-state index in [1.165, 1.54) is 11.8 Å². The molecule has 1 atom stereocenters. The van der Waals surface area contributed by atoms with Crippen LogP contribution in [0, 0.1) is 36.3 Å². The molecule has 3 rings (SSSR count). The van der Waals surface area contributed by atoms with E-state index in [1.54, 1.807) is 18.2 Å². The number of nitro groups is 1. The molecule has 2 aromatic carbocycles. The van der Waals surface area contributed by atoms with Crippen LogP contribution >= 0.6 is 23.4 Å². The van der Waals surface area contributed by atoms with Crippen molar-refractivity contribution in [3.05, 3.63) is 74.6 Å². The summed E-state index contributed by atoms with van der Waals surface area (Å²) in [5.41, 5.74) is 2.68. The topological polar surface area (TPSA) is 83.1 Å². The standard InChI is InChI=1S/C21H19ClN4O3S/c1-4-10-29-19-9-8-16(12-18(19)22)20(13-25(27)28)30-21-24-23-15(3)26(21)17-7-5-6-14(2)11-17/h1,5-9,11-12,20H,10,13H2,2-3H3/t20-/m1/s1. The van der Waals surface area contributed by atoms with Gasteiger partial charge in [-0.3, -0.25) is 14.7 Å². The van der Waals surface area contributed by atoms with Crippen LogP contribution < -0.4 is 4.74 Å². The number of halogens is 1. The van der Waals surface area contributed by atoms with Gasteiger partial charge in [0.05, 0.1) is 5.02 Å². The molecule has 0 aliphatic rings. The lowest BCUT2D eigenvalue weighted by atomic mass is 10.1. The molecular formula is C21H19ClN4O3S. The Kier molecular flexibility index (Phi) is 6.98. The van der Waals surface area contributed by atoms with Gasteiger partial charge in [0.25, 0.3) is 0 Å². The third-order valence-electron chi connectivity index (χ3n) is 4.26. The second-order valence-electron chi connectivity index (χ2n) is 6.51.